The van der Waals surface area contributed by atoms with Crippen molar-refractivity contribution in [2.45, 2.75) is 13.0 Å². The number of anilines is 1. The minimum absolute atomic E-state index is 0.127. The van der Waals surface area contributed by atoms with Crippen LogP contribution in [0.1, 0.15) is 17.3 Å². The van der Waals surface area contributed by atoms with E-state index < -0.39 is 18.0 Å². The van der Waals surface area contributed by atoms with E-state index in [1.807, 2.05) is 0 Å². The number of nitrogens with one attached hydrogen (secondary N) is 1. The molecule has 2 aromatic carbocycles. The second-order valence-electron chi connectivity index (χ2n) is 5.45. The fraction of sp³-hybridized carbons (Fsp3) is 0.263. The van der Waals surface area contributed by atoms with Crippen LogP contribution < -0.4 is 19.5 Å². The third kappa shape index (κ3) is 5.04. The molecule has 7 nitrogen and oxygen atoms in total. The van der Waals surface area contributed by atoms with Gasteiger partial charge in [-0.2, -0.15) is 0 Å². The molecule has 2 aromatic rings. The maximum atomic E-state index is 12.5. The highest BCUT2D eigenvalue weighted by atomic mass is 35.5. The van der Waals surface area contributed by atoms with Crippen LogP contribution in [0.25, 0.3) is 0 Å². The maximum Gasteiger partial charge on any atom is 0.340 e. The summed E-state index contributed by atoms with van der Waals surface area (Å²) >= 11 is 5.83. The molecular weight excluding hydrogens is 374 g/mol. The Morgan fingerprint density at radius 1 is 1.00 bits per heavy atom. The Balaban J connectivity index is 2.24. The fourth-order valence-electron chi connectivity index (χ4n) is 2.27. The predicted octanol–water partition coefficient (Wildman–Crippen LogP) is 3.55. The second kappa shape index (κ2) is 9.14. The van der Waals surface area contributed by atoms with E-state index in [0.29, 0.717) is 22.3 Å². The monoisotopic (exact) mass is 393 g/mol. The first-order valence-electron chi connectivity index (χ1n) is 7.97. The Morgan fingerprint density at radius 2 is 1.59 bits per heavy atom. The molecule has 0 fully saturated rings. The molecule has 1 atom stereocenters. The number of esters is 1. The van der Waals surface area contributed by atoms with Crippen molar-refractivity contribution in [1.29, 1.82) is 0 Å². The Bertz CT molecular complexity index is 822. The van der Waals surface area contributed by atoms with Gasteiger partial charge in [-0.1, -0.05) is 11.6 Å². The first-order chi connectivity index (χ1) is 12.9. The van der Waals surface area contributed by atoms with E-state index in [4.69, 9.17) is 30.5 Å². The zero-order valence-corrected chi connectivity index (χ0v) is 16.1. The summed E-state index contributed by atoms with van der Waals surface area (Å²) in [5.74, 6) is 0.0930. The van der Waals surface area contributed by atoms with E-state index in [0.717, 1.165) is 0 Å². The van der Waals surface area contributed by atoms with E-state index in [2.05, 4.69) is 5.32 Å². The standard InChI is InChI=1S/C19H20ClNO6/c1-11(27-13-7-5-12(20)6-8-13)18(22)21-15-10-17(25-3)16(24-2)9-14(15)19(23)26-4/h5-11H,1-4H3,(H,21,22). The van der Waals surface area contributed by atoms with E-state index in [9.17, 15) is 9.59 Å². The molecule has 0 saturated carbocycles. The number of ether oxygens (including phenoxy) is 4. The summed E-state index contributed by atoms with van der Waals surface area (Å²) in [6.45, 7) is 1.59. The molecule has 0 aliphatic heterocycles. The van der Waals surface area contributed by atoms with Crippen LogP contribution in [0.5, 0.6) is 17.2 Å². The van der Waals surface area contributed by atoms with Crippen molar-refractivity contribution in [3.05, 3.63) is 47.0 Å². The minimum atomic E-state index is -0.829. The normalized spacial score (nSPS) is 11.3. The lowest BCUT2D eigenvalue weighted by atomic mass is 10.1. The Kier molecular flexibility index (Phi) is 6.90. The largest absolute Gasteiger partial charge is 0.493 e. The summed E-state index contributed by atoms with van der Waals surface area (Å²) in [6, 6.07) is 9.55. The molecule has 8 heteroatoms. The molecule has 0 aliphatic rings. The fourth-order valence-corrected chi connectivity index (χ4v) is 2.39. The number of methoxy groups -OCH3 is 3. The lowest BCUT2D eigenvalue weighted by Gasteiger charge is -2.18. The number of carbonyl (C=O) groups excluding carboxylic acids is 2. The first kappa shape index (κ1) is 20.4. The zero-order valence-electron chi connectivity index (χ0n) is 15.4. The van der Waals surface area contributed by atoms with E-state index in [1.165, 1.54) is 33.5 Å². The predicted molar refractivity (Wildman–Crippen MR) is 101 cm³/mol. The van der Waals surface area contributed by atoms with Gasteiger partial charge in [0.05, 0.1) is 32.6 Å². The smallest absolute Gasteiger partial charge is 0.340 e. The van der Waals surface area contributed by atoms with E-state index in [1.54, 1.807) is 31.2 Å². The Hall–Kier alpha value is -2.93. The average molecular weight is 394 g/mol. The molecule has 1 amide bonds. The van der Waals surface area contributed by atoms with Crippen molar-refractivity contribution in [1.82, 2.24) is 0 Å². The van der Waals surface area contributed by atoms with Crippen molar-refractivity contribution in [3.8, 4) is 17.2 Å². The van der Waals surface area contributed by atoms with Gasteiger partial charge in [-0.15, -0.1) is 0 Å². The van der Waals surface area contributed by atoms with Crippen LogP contribution in [-0.4, -0.2) is 39.3 Å². The van der Waals surface area contributed by atoms with Gasteiger partial charge in [0.1, 0.15) is 5.75 Å². The van der Waals surface area contributed by atoms with Crippen LogP contribution in [-0.2, 0) is 9.53 Å². The number of halogens is 1. The number of carbonyl (C=O) groups is 2. The molecule has 1 N–H and O–H groups in total. The molecule has 0 heterocycles. The van der Waals surface area contributed by atoms with E-state index >= 15 is 0 Å². The van der Waals surface area contributed by atoms with Gasteiger partial charge in [0.25, 0.3) is 5.91 Å². The molecule has 27 heavy (non-hydrogen) atoms. The van der Waals surface area contributed by atoms with Gasteiger partial charge in [0, 0.05) is 17.2 Å². The topological polar surface area (TPSA) is 83.1 Å². The molecule has 2 rings (SSSR count). The number of amides is 1. The quantitative estimate of drug-likeness (QED) is 0.724. The maximum absolute atomic E-state index is 12.5. The van der Waals surface area contributed by atoms with Crippen LogP contribution in [0.3, 0.4) is 0 Å². The molecule has 144 valence electrons. The zero-order chi connectivity index (χ0) is 20.0. The molecule has 0 aromatic heterocycles. The summed E-state index contributed by atoms with van der Waals surface area (Å²) in [6.07, 6.45) is -0.829. The first-order valence-corrected chi connectivity index (χ1v) is 8.34. The summed E-state index contributed by atoms with van der Waals surface area (Å²) < 4.78 is 20.8. The second-order valence-corrected chi connectivity index (χ2v) is 5.88. The highest BCUT2D eigenvalue weighted by Gasteiger charge is 2.22. The SMILES string of the molecule is COC(=O)c1cc(OC)c(OC)cc1NC(=O)C(C)Oc1ccc(Cl)cc1. The van der Waals surface area contributed by atoms with Gasteiger partial charge in [-0.3, -0.25) is 4.79 Å². The highest BCUT2D eigenvalue weighted by molar-refractivity contribution is 6.30. The van der Waals surface area contributed by atoms with Gasteiger partial charge < -0.3 is 24.3 Å². The van der Waals surface area contributed by atoms with Gasteiger partial charge in [0.15, 0.2) is 17.6 Å². The van der Waals surface area contributed by atoms with Gasteiger partial charge in [0.2, 0.25) is 0 Å². The van der Waals surface area contributed by atoms with Gasteiger partial charge in [-0.25, -0.2) is 4.79 Å². The minimum Gasteiger partial charge on any atom is -0.493 e. The molecule has 0 spiro atoms. The van der Waals surface area contributed by atoms with Crippen molar-refractivity contribution >= 4 is 29.2 Å². The summed E-state index contributed by atoms with van der Waals surface area (Å²) in [7, 11) is 4.14. The number of benzene rings is 2. The van der Waals surface area contributed by atoms with Crippen molar-refractivity contribution in [3.63, 3.8) is 0 Å². The molecule has 0 bridgehead atoms. The molecule has 0 saturated heterocycles. The summed E-state index contributed by atoms with van der Waals surface area (Å²) in [5.41, 5.74) is 0.346. The molecule has 1 unspecified atom stereocenters. The van der Waals surface area contributed by atoms with Gasteiger partial charge in [-0.05, 0) is 31.2 Å². The van der Waals surface area contributed by atoms with Crippen molar-refractivity contribution < 1.29 is 28.5 Å². The van der Waals surface area contributed by atoms with Gasteiger partial charge >= 0.3 is 5.97 Å². The van der Waals surface area contributed by atoms with Crippen molar-refractivity contribution in [2.24, 2.45) is 0 Å². The Morgan fingerprint density at radius 3 is 2.15 bits per heavy atom. The van der Waals surface area contributed by atoms with Crippen LogP contribution in [0.2, 0.25) is 5.02 Å². The number of hydrogen-bond acceptors (Lipinski definition) is 6. The lowest BCUT2D eigenvalue weighted by Crippen LogP contribution is -2.30. The lowest BCUT2D eigenvalue weighted by molar-refractivity contribution is -0.122. The van der Waals surface area contributed by atoms with Crippen LogP contribution in [0.4, 0.5) is 5.69 Å². The highest BCUT2D eigenvalue weighted by Crippen LogP contribution is 2.34. The summed E-state index contributed by atoms with van der Waals surface area (Å²) in [5, 5.41) is 3.22. The van der Waals surface area contributed by atoms with Crippen LogP contribution >= 0.6 is 11.6 Å². The average Bonchev–Trinajstić information content (AvgIpc) is 2.68. The Labute approximate surface area is 162 Å². The third-order valence-corrected chi connectivity index (χ3v) is 3.93. The molecule has 0 radical (unpaired) electrons. The number of hydrogen-bond donors (Lipinski definition) is 1. The third-order valence-electron chi connectivity index (χ3n) is 3.68. The van der Waals surface area contributed by atoms with Crippen molar-refractivity contribution in [2.75, 3.05) is 26.6 Å². The molecule has 0 aliphatic carbocycles. The van der Waals surface area contributed by atoms with Crippen LogP contribution in [0.15, 0.2) is 36.4 Å². The summed E-state index contributed by atoms with van der Waals surface area (Å²) in [4.78, 5) is 24.6. The van der Waals surface area contributed by atoms with E-state index in [-0.39, 0.29) is 11.3 Å². The number of rotatable bonds is 7. The van der Waals surface area contributed by atoms with Crippen LogP contribution in [0, 0.1) is 0 Å². The molecular formula is C19H20ClNO6.